The number of carbonyl (C=O) groups is 3. The maximum absolute atomic E-state index is 14.2. The van der Waals surface area contributed by atoms with Crippen molar-refractivity contribution in [3.05, 3.63) is 105 Å². The Morgan fingerprint density at radius 1 is 0.949 bits per heavy atom. The standard InChI is InChI=1S/C30H28ClN3O4S/c1-29-13-14-30(38-29)24(23(29)26(35)33-17-22-8-5-15-39-22)28(37)34(18-20-9-11-21(31)12-10-20)25(30)27(36)32-16-19-6-3-2-4-7-19/h2-15,23-25H,16-18H2,1H3,(H,32,36)(H,33,35)/t23-,24-,25+,29-,30+/m0/s1. The second-order valence-corrected chi connectivity index (χ2v) is 11.9. The molecule has 0 aliphatic carbocycles. The lowest BCUT2D eigenvalue weighted by molar-refractivity contribution is -0.145. The number of halogens is 1. The van der Waals surface area contributed by atoms with E-state index in [0.29, 0.717) is 18.1 Å². The zero-order chi connectivity index (χ0) is 27.2. The van der Waals surface area contributed by atoms with Gasteiger partial charge in [0.05, 0.1) is 24.0 Å². The monoisotopic (exact) mass is 561 g/mol. The number of thiophene rings is 1. The first kappa shape index (κ1) is 25.8. The topological polar surface area (TPSA) is 87.7 Å². The van der Waals surface area contributed by atoms with Crippen LogP contribution in [0, 0.1) is 11.8 Å². The molecule has 3 amide bonds. The minimum absolute atomic E-state index is 0.190. The lowest BCUT2D eigenvalue weighted by Gasteiger charge is -2.33. The molecule has 1 aromatic heterocycles. The van der Waals surface area contributed by atoms with Gasteiger partial charge < -0.3 is 20.3 Å². The predicted molar refractivity (Wildman–Crippen MR) is 149 cm³/mol. The first-order valence-corrected chi connectivity index (χ1v) is 14.1. The summed E-state index contributed by atoms with van der Waals surface area (Å²) in [5.74, 6) is -2.44. The van der Waals surface area contributed by atoms with Crippen molar-refractivity contribution in [2.45, 2.75) is 43.8 Å². The van der Waals surface area contributed by atoms with Gasteiger partial charge in [-0.3, -0.25) is 14.4 Å². The van der Waals surface area contributed by atoms with E-state index in [1.165, 1.54) is 0 Å². The molecule has 9 heteroatoms. The van der Waals surface area contributed by atoms with Crippen molar-refractivity contribution < 1.29 is 19.1 Å². The molecule has 1 spiro atoms. The molecule has 3 aliphatic heterocycles. The lowest BCUT2D eigenvalue weighted by Crippen LogP contribution is -2.54. The van der Waals surface area contributed by atoms with Gasteiger partial charge in [0.2, 0.25) is 17.7 Å². The Kier molecular flexibility index (Phi) is 6.57. The van der Waals surface area contributed by atoms with Gasteiger partial charge in [-0.05, 0) is 41.6 Å². The highest BCUT2D eigenvalue weighted by atomic mass is 35.5. The van der Waals surface area contributed by atoms with E-state index in [9.17, 15) is 14.4 Å². The fourth-order valence-electron chi connectivity index (χ4n) is 6.17. The Morgan fingerprint density at radius 2 is 1.69 bits per heavy atom. The van der Waals surface area contributed by atoms with Crippen LogP contribution in [0.25, 0.3) is 0 Å². The predicted octanol–water partition coefficient (Wildman–Crippen LogP) is 4.08. The molecule has 2 bridgehead atoms. The number of amides is 3. The number of hydrogen-bond acceptors (Lipinski definition) is 5. The first-order chi connectivity index (χ1) is 18.8. The Hall–Kier alpha value is -3.46. The Morgan fingerprint density at radius 3 is 2.41 bits per heavy atom. The number of nitrogens with one attached hydrogen (secondary N) is 2. The molecule has 2 saturated heterocycles. The summed E-state index contributed by atoms with van der Waals surface area (Å²) in [6, 6.07) is 19.7. The summed E-state index contributed by atoms with van der Waals surface area (Å²) in [4.78, 5) is 44.2. The summed E-state index contributed by atoms with van der Waals surface area (Å²) in [5, 5.41) is 8.55. The number of ether oxygens (including phenoxy) is 1. The van der Waals surface area contributed by atoms with E-state index >= 15 is 0 Å². The summed E-state index contributed by atoms with van der Waals surface area (Å²) in [6.07, 6.45) is 3.67. The van der Waals surface area contributed by atoms with E-state index in [1.807, 2.05) is 79.1 Å². The molecule has 0 saturated carbocycles. The molecule has 5 atom stereocenters. The van der Waals surface area contributed by atoms with Crippen molar-refractivity contribution in [1.82, 2.24) is 15.5 Å². The highest BCUT2D eigenvalue weighted by Gasteiger charge is 2.76. The van der Waals surface area contributed by atoms with Crippen LogP contribution in [0.1, 0.15) is 22.9 Å². The Bertz CT molecular complexity index is 1430. The number of likely N-dealkylation sites (tertiary alicyclic amines) is 1. The summed E-state index contributed by atoms with van der Waals surface area (Å²) < 4.78 is 6.57. The van der Waals surface area contributed by atoms with Gasteiger partial charge in [0.1, 0.15) is 11.6 Å². The fraction of sp³-hybridized carbons (Fsp3) is 0.300. The molecule has 0 unspecified atom stereocenters. The van der Waals surface area contributed by atoms with Crippen molar-refractivity contribution in [1.29, 1.82) is 0 Å². The van der Waals surface area contributed by atoms with E-state index in [-0.39, 0.29) is 24.3 Å². The van der Waals surface area contributed by atoms with E-state index in [0.717, 1.165) is 16.0 Å². The van der Waals surface area contributed by atoms with E-state index in [4.69, 9.17) is 16.3 Å². The molecule has 3 aliphatic rings. The van der Waals surface area contributed by atoms with Gasteiger partial charge in [-0.1, -0.05) is 72.3 Å². The van der Waals surface area contributed by atoms with Gasteiger partial charge in [0.25, 0.3) is 0 Å². The molecular formula is C30H28ClN3O4S. The van der Waals surface area contributed by atoms with Crippen LogP contribution >= 0.6 is 22.9 Å². The highest BCUT2D eigenvalue weighted by molar-refractivity contribution is 7.09. The van der Waals surface area contributed by atoms with Gasteiger partial charge in [-0.15, -0.1) is 11.3 Å². The molecule has 200 valence electrons. The van der Waals surface area contributed by atoms with Crippen LogP contribution in [0.5, 0.6) is 0 Å². The lowest BCUT2D eigenvalue weighted by atomic mass is 9.70. The number of nitrogens with zero attached hydrogens (tertiary/aromatic N) is 1. The summed E-state index contributed by atoms with van der Waals surface area (Å²) in [6.45, 7) is 2.69. The van der Waals surface area contributed by atoms with Crippen LogP contribution < -0.4 is 10.6 Å². The van der Waals surface area contributed by atoms with Crippen molar-refractivity contribution in [3.8, 4) is 0 Å². The summed E-state index contributed by atoms with van der Waals surface area (Å²) >= 11 is 7.64. The molecule has 39 heavy (non-hydrogen) atoms. The van der Waals surface area contributed by atoms with Gasteiger partial charge in [0, 0.05) is 23.0 Å². The normalized spacial score (nSPS) is 28.5. The van der Waals surface area contributed by atoms with Crippen LogP contribution in [0.3, 0.4) is 0 Å². The molecule has 2 fully saturated rings. The highest BCUT2D eigenvalue weighted by Crippen LogP contribution is 2.59. The molecule has 0 radical (unpaired) electrons. The van der Waals surface area contributed by atoms with Gasteiger partial charge in [0.15, 0.2) is 0 Å². The van der Waals surface area contributed by atoms with Crippen molar-refractivity contribution in [3.63, 3.8) is 0 Å². The quantitative estimate of drug-likeness (QED) is 0.406. The van der Waals surface area contributed by atoms with E-state index in [2.05, 4.69) is 10.6 Å². The van der Waals surface area contributed by atoms with E-state index in [1.54, 1.807) is 28.4 Å². The fourth-order valence-corrected chi connectivity index (χ4v) is 6.94. The van der Waals surface area contributed by atoms with Crippen molar-refractivity contribution in [2.24, 2.45) is 11.8 Å². The number of benzene rings is 2. The van der Waals surface area contributed by atoms with Gasteiger partial charge in [-0.25, -0.2) is 0 Å². The van der Waals surface area contributed by atoms with Gasteiger partial charge >= 0.3 is 0 Å². The average Bonchev–Trinajstić information content (AvgIpc) is 3.68. The molecule has 4 heterocycles. The number of rotatable bonds is 8. The third kappa shape index (κ3) is 4.46. The zero-order valence-corrected chi connectivity index (χ0v) is 22.9. The van der Waals surface area contributed by atoms with Crippen LogP contribution in [0.2, 0.25) is 5.02 Å². The largest absolute Gasteiger partial charge is 0.356 e. The number of carbonyl (C=O) groups excluding carboxylic acids is 3. The maximum Gasteiger partial charge on any atom is 0.246 e. The third-order valence-corrected chi connectivity index (χ3v) is 9.05. The van der Waals surface area contributed by atoms with Gasteiger partial charge in [-0.2, -0.15) is 0 Å². The molecule has 2 N–H and O–H groups in total. The minimum Gasteiger partial charge on any atom is -0.356 e. The van der Waals surface area contributed by atoms with E-state index < -0.39 is 29.1 Å². The molecule has 7 nitrogen and oxygen atoms in total. The van der Waals surface area contributed by atoms with Crippen LogP contribution in [0.15, 0.2) is 84.3 Å². The average molecular weight is 562 g/mol. The second-order valence-electron chi connectivity index (χ2n) is 10.4. The zero-order valence-electron chi connectivity index (χ0n) is 21.3. The van der Waals surface area contributed by atoms with Crippen LogP contribution in [0.4, 0.5) is 0 Å². The summed E-state index contributed by atoms with van der Waals surface area (Å²) in [5.41, 5.74) is -0.472. The van der Waals surface area contributed by atoms with Crippen LogP contribution in [-0.4, -0.2) is 39.9 Å². The number of fused-ring (bicyclic) bond motifs is 1. The smallest absolute Gasteiger partial charge is 0.246 e. The second kappa shape index (κ2) is 9.93. The Balaban J connectivity index is 1.32. The third-order valence-electron chi connectivity index (χ3n) is 7.92. The SMILES string of the molecule is C[C@@]12C=C[C@@]3(O1)[C@H](C(=O)N(Cc1ccc(Cl)cc1)[C@@H]3C(=O)NCc1ccccc1)[C@H]2C(=O)NCc1cccs1. The van der Waals surface area contributed by atoms with Crippen molar-refractivity contribution >= 4 is 40.7 Å². The summed E-state index contributed by atoms with van der Waals surface area (Å²) in [7, 11) is 0. The maximum atomic E-state index is 14.2. The first-order valence-electron chi connectivity index (χ1n) is 12.9. The molecular weight excluding hydrogens is 534 g/mol. The Labute approximate surface area is 235 Å². The minimum atomic E-state index is -1.25. The molecule has 3 aromatic rings. The van der Waals surface area contributed by atoms with Crippen molar-refractivity contribution in [2.75, 3.05) is 0 Å². The molecule has 6 rings (SSSR count). The molecule has 2 aromatic carbocycles. The number of hydrogen-bond donors (Lipinski definition) is 2. The van der Waals surface area contributed by atoms with Crippen LogP contribution in [-0.2, 0) is 38.8 Å².